The van der Waals surface area contributed by atoms with Gasteiger partial charge in [0.2, 0.25) is 10.0 Å². The summed E-state index contributed by atoms with van der Waals surface area (Å²) in [7, 11) is -3.39. The first-order valence-corrected chi connectivity index (χ1v) is 12.4. The van der Waals surface area contributed by atoms with Gasteiger partial charge in [0.25, 0.3) is 0 Å². The van der Waals surface area contributed by atoms with Crippen LogP contribution in [0.3, 0.4) is 0 Å². The highest BCUT2D eigenvalue weighted by Crippen LogP contribution is 2.44. The second kappa shape index (κ2) is 8.23. The van der Waals surface area contributed by atoms with E-state index >= 15 is 0 Å². The molecule has 1 N–H and O–H groups in total. The van der Waals surface area contributed by atoms with E-state index in [2.05, 4.69) is 46.9 Å². The predicted molar refractivity (Wildman–Crippen MR) is 120 cm³/mol. The largest absolute Gasteiger partial charge is 0.355 e. The Labute approximate surface area is 174 Å². The Hall–Kier alpha value is -2.27. The molecular formula is C24H30N2O2S. The maximum Gasteiger partial charge on any atom is 0.229 e. The Balaban J connectivity index is 1.85. The summed E-state index contributed by atoms with van der Waals surface area (Å²) in [6, 6.07) is 18.7. The Kier molecular flexibility index (Phi) is 5.68. The molecule has 1 unspecified atom stereocenters. The summed E-state index contributed by atoms with van der Waals surface area (Å²) in [5, 5.41) is 0. The van der Waals surface area contributed by atoms with Crippen LogP contribution < -0.4 is 9.62 Å². The molecule has 4 nitrogen and oxygen atoms in total. The number of benzene rings is 2. The van der Waals surface area contributed by atoms with Crippen molar-refractivity contribution < 1.29 is 8.42 Å². The van der Waals surface area contributed by atoms with Crippen LogP contribution in [0.15, 0.2) is 60.3 Å². The minimum Gasteiger partial charge on any atom is -0.355 e. The smallest absolute Gasteiger partial charge is 0.229 e. The van der Waals surface area contributed by atoms with Gasteiger partial charge in [0.1, 0.15) is 0 Å². The van der Waals surface area contributed by atoms with Crippen LogP contribution in [0, 0.1) is 5.92 Å². The highest BCUT2D eigenvalue weighted by molar-refractivity contribution is 7.88. The molecule has 2 aromatic rings. The lowest BCUT2D eigenvalue weighted by Gasteiger charge is -2.46. The fourth-order valence-corrected chi connectivity index (χ4v) is 5.55. The number of sulfonamides is 1. The molecule has 2 aromatic carbocycles. The fraction of sp³-hybridized carbons (Fsp3) is 0.417. The van der Waals surface area contributed by atoms with Gasteiger partial charge in [-0.25, -0.2) is 8.42 Å². The Morgan fingerprint density at radius 1 is 0.966 bits per heavy atom. The molecule has 0 bridgehead atoms. The van der Waals surface area contributed by atoms with Crippen molar-refractivity contribution in [3.8, 4) is 0 Å². The van der Waals surface area contributed by atoms with Gasteiger partial charge >= 0.3 is 0 Å². The molecule has 0 amide bonds. The summed E-state index contributed by atoms with van der Waals surface area (Å²) in [4.78, 5) is 2.45. The van der Waals surface area contributed by atoms with Gasteiger partial charge in [-0.2, -0.15) is 0 Å². The van der Waals surface area contributed by atoms with E-state index in [-0.39, 0.29) is 6.04 Å². The van der Waals surface area contributed by atoms with E-state index in [0.29, 0.717) is 12.0 Å². The Morgan fingerprint density at radius 2 is 1.62 bits per heavy atom. The number of hydrogen-bond acceptors (Lipinski definition) is 3. The van der Waals surface area contributed by atoms with Gasteiger partial charge in [0.15, 0.2) is 0 Å². The third-order valence-electron chi connectivity index (χ3n) is 6.29. The zero-order chi connectivity index (χ0) is 20.4. The molecule has 0 radical (unpaired) electrons. The maximum absolute atomic E-state index is 12.2. The van der Waals surface area contributed by atoms with E-state index in [4.69, 9.17) is 0 Å². The van der Waals surface area contributed by atoms with Gasteiger partial charge in [-0.05, 0) is 49.0 Å². The summed E-state index contributed by atoms with van der Waals surface area (Å²) < 4.78 is 27.2. The molecule has 0 saturated heterocycles. The molecule has 1 fully saturated rings. The SMILES string of the molecule is C[C@@H](C1CCCCC1)N1c2ccccc2C=C(NS(C)(=O)=O)C1c1ccccc1. The van der Waals surface area contributed by atoms with Gasteiger partial charge in [-0.15, -0.1) is 0 Å². The minimum absolute atomic E-state index is 0.155. The van der Waals surface area contributed by atoms with Crippen LogP contribution in [0.2, 0.25) is 0 Å². The van der Waals surface area contributed by atoms with Crippen molar-refractivity contribution >= 4 is 21.8 Å². The summed E-state index contributed by atoms with van der Waals surface area (Å²) in [6.07, 6.45) is 9.58. The van der Waals surface area contributed by atoms with Crippen LogP contribution in [0.1, 0.15) is 56.2 Å². The summed E-state index contributed by atoms with van der Waals surface area (Å²) in [5.74, 6) is 0.612. The molecular weight excluding hydrogens is 380 g/mol. The van der Waals surface area contributed by atoms with Gasteiger partial charge < -0.3 is 4.90 Å². The number of nitrogens with one attached hydrogen (secondary N) is 1. The average molecular weight is 411 g/mol. The Bertz CT molecular complexity index is 979. The lowest BCUT2D eigenvalue weighted by atomic mass is 9.81. The second-order valence-electron chi connectivity index (χ2n) is 8.39. The molecule has 1 saturated carbocycles. The van der Waals surface area contributed by atoms with Crippen molar-refractivity contribution in [1.82, 2.24) is 4.72 Å². The third kappa shape index (κ3) is 4.35. The van der Waals surface area contributed by atoms with E-state index in [1.54, 1.807) is 0 Å². The van der Waals surface area contributed by atoms with Crippen LogP contribution in [0.5, 0.6) is 0 Å². The lowest BCUT2D eigenvalue weighted by Crippen LogP contribution is -2.46. The molecule has 2 aliphatic rings. The summed E-state index contributed by atoms with van der Waals surface area (Å²) >= 11 is 0. The fourth-order valence-electron chi connectivity index (χ4n) is 4.95. The van der Waals surface area contributed by atoms with E-state index in [9.17, 15) is 8.42 Å². The zero-order valence-electron chi connectivity index (χ0n) is 17.2. The molecule has 4 rings (SSSR count). The number of hydrogen-bond donors (Lipinski definition) is 1. The van der Waals surface area contributed by atoms with Crippen molar-refractivity contribution in [2.24, 2.45) is 5.92 Å². The van der Waals surface area contributed by atoms with E-state index in [1.807, 2.05) is 30.3 Å². The molecule has 154 valence electrons. The van der Waals surface area contributed by atoms with Gasteiger partial charge in [-0.3, -0.25) is 4.72 Å². The van der Waals surface area contributed by atoms with E-state index < -0.39 is 10.0 Å². The maximum atomic E-state index is 12.2. The van der Waals surface area contributed by atoms with Crippen molar-refractivity contribution in [3.63, 3.8) is 0 Å². The topological polar surface area (TPSA) is 49.4 Å². The van der Waals surface area contributed by atoms with Crippen LogP contribution >= 0.6 is 0 Å². The average Bonchev–Trinajstić information content (AvgIpc) is 2.72. The quantitative estimate of drug-likeness (QED) is 0.745. The van der Waals surface area contributed by atoms with Crippen LogP contribution in [0.4, 0.5) is 5.69 Å². The van der Waals surface area contributed by atoms with Crippen LogP contribution in [0.25, 0.3) is 6.08 Å². The van der Waals surface area contributed by atoms with Gasteiger partial charge in [-0.1, -0.05) is 67.8 Å². The normalized spacial score (nSPS) is 21.2. The van der Waals surface area contributed by atoms with Gasteiger partial charge in [0.05, 0.1) is 18.0 Å². The summed E-state index contributed by atoms with van der Waals surface area (Å²) in [5.41, 5.74) is 4.07. The first-order valence-electron chi connectivity index (χ1n) is 10.6. The number of rotatable bonds is 5. The first kappa shape index (κ1) is 20.0. The second-order valence-corrected chi connectivity index (χ2v) is 10.1. The highest BCUT2D eigenvalue weighted by Gasteiger charge is 2.37. The summed E-state index contributed by atoms with van der Waals surface area (Å²) in [6.45, 7) is 2.31. The van der Waals surface area contributed by atoms with E-state index in [1.165, 1.54) is 44.0 Å². The molecule has 0 spiro atoms. The molecule has 1 aliphatic carbocycles. The molecule has 1 aliphatic heterocycles. The molecule has 1 heterocycles. The van der Waals surface area contributed by atoms with Crippen molar-refractivity contribution in [1.29, 1.82) is 0 Å². The third-order valence-corrected chi connectivity index (χ3v) is 6.89. The molecule has 0 aromatic heterocycles. The minimum atomic E-state index is -3.39. The zero-order valence-corrected chi connectivity index (χ0v) is 18.0. The highest BCUT2D eigenvalue weighted by atomic mass is 32.2. The van der Waals surface area contributed by atoms with Crippen LogP contribution in [-0.2, 0) is 10.0 Å². The molecule has 5 heteroatoms. The molecule has 29 heavy (non-hydrogen) atoms. The predicted octanol–water partition coefficient (Wildman–Crippen LogP) is 5.11. The van der Waals surface area contributed by atoms with E-state index in [0.717, 1.165) is 16.8 Å². The van der Waals surface area contributed by atoms with Crippen molar-refractivity contribution in [2.75, 3.05) is 11.2 Å². The van der Waals surface area contributed by atoms with Crippen molar-refractivity contribution in [2.45, 2.75) is 51.1 Å². The number of nitrogens with zero attached hydrogens (tertiary/aromatic N) is 1. The lowest BCUT2D eigenvalue weighted by molar-refractivity contribution is 0.297. The molecule has 2 atom stereocenters. The standard InChI is InChI=1S/C24H30N2O2S/c1-18(19-11-5-3-6-12-19)26-23-16-10-9-15-21(23)17-22(25-29(2,27)28)24(26)20-13-7-4-8-14-20/h4,7-10,13-19,24-25H,3,5-6,11-12H2,1-2H3/t18-,24?/m0/s1. The number of fused-ring (bicyclic) bond motifs is 1. The number of anilines is 1. The van der Waals surface area contributed by atoms with Crippen LogP contribution in [-0.4, -0.2) is 20.7 Å². The first-order chi connectivity index (χ1) is 13.9. The Morgan fingerprint density at radius 3 is 2.31 bits per heavy atom. The number of para-hydroxylation sites is 1. The van der Waals surface area contributed by atoms with Gasteiger partial charge in [0, 0.05) is 11.7 Å². The van der Waals surface area contributed by atoms with Crippen molar-refractivity contribution in [3.05, 3.63) is 71.4 Å². The monoisotopic (exact) mass is 410 g/mol.